The third kappa shape index (κ3) is 2.91. The van der Waals surface area contributed by atoms with E-state index in [1.54, 1.807) is 0 Å². The Labute approximate surface area is 120 Å². The zero-order chi connectivity index (χ0) is 13.1. The second-order valence-corrected chi connectivity index (χ2v) is 5.23. The molecule has 0 radical (unpaired) electrons. The first kappa shape index (κ1) is 12.1. The third-order valence-electron chi connectivity index (χ3n) is 2.92. The minimum absolute atomic E-state index is 0.967. The van der Waals surface area contributed by atoms with E-state index in [0.717, 1.165) is 21.1 Å². The average Bonchev–Trinajstić information content (AvgIpc) is 2.46. The van der Waals surface area contributed by atoms with E-state index in [1.165, 1.54) is 5.56 Å². The summed E-state index contributed by atoms with van der Waals surface area (Å²) in [6.45, 7) is 0. The molecule has 0 amide bonds. The molecule has 1 aromatic heterocycles. The Morgan fingerprint density at radius 2 is 1.63 bits per heavy atom. The van der Waals surface area contributed by atoms with Gasteiger partial charge in [-0.1, -0.05) is 64.5 Å². The van der Waals surface area contributed by atoms with Crippen LogP contribution >= 0.6 is 15.9 Å². The molecule has 0 unspecified atom stereocenters. The Bertz CT molecular complexity index is 733. The number of pyridine rings is 1. The third-order valence-corrected chi connectivity index (χ3v) is 3.42. The lowest BCUT2D eigenvalue weighted by Gasteiger charge is -2.00. The Morgan fingerprint density at radius 3 is 2.47 bits per heavy atom. The van der Waals surface area contributed by atoms with E-state index >= 15 is 0 Å². The molecule has 0 saturated carbocycles. The average molecular weight is 310 g/mol. The van der Waals surface area contributed by atoms with Crippen LogP contribution in [0.5, 0.6) is 0 Å². The van der Waals surface area contributed by atoms with Gasteiger partial charge in [-0.15, -0.1) is 0 Å². The van der Waals surface area contributed by atoms with Gasteiger partial charge in [-0.05, 0) is 29.8 Å². The van der Waals surface area contributed by atoms with Crippen LogP contribution in [0.2, 0.25) is 0 Å². The molecule has 0 bridgehead atoms. The molecule has 1 nitrogen and oxygen atoms in total. The van der Waals surface area contributed by atoms with Crippen molar-refractivity contribution in [2.24, 2.45) is 0 Å². The van der Waals surface area contributed by atoms with Gasteiger partial charge in [0.2, 0.25) is 0 Å². The SMILES string of the molecule is Brc1ccc2ccc(/C=C/c3ccccc3)nc2c1. The largest absolute Gasteiger partial charge is 0.248 e. The second kappa shape index (κ2) is 5.37. The van der Waals surface area contributed by atoms with Crippen LogP contribution in [-0.4, -0.2) is 4.98 Å². The number of rotatable bonds is 2. The molecule has 2 heteroatoms. The van der Waals surface area contributed by atoms with Gasteiger partial charge >= 0.3 is 0 Å². The van der Waals surface area contributed by atoms with E-state index in [2.05, 4.69) is 51.3 Å². The molecule has 0 fully saturated rings. The molecule has 0 atom stereocenters. The Morgan fingerprint density at radius 1 is 0.842 bits per heavy atom. The predicted octanol–water partition coefficient (Wildman–Crippen LogP) is 5.17. The van der Waals surface area contributed by atoms with E-state index in [9.17, 15) is 0 Å². The highest BCUT2D eigenvalue weighted by Gasteiger charge is 1.97. The molecule has 0 spiro atoms. The molecule has 3 aromatic rings. The quantitative estimate of drug-likeness (QED) is 0.636. The molecule has 0 aliphatic heterocycles. The standard InChI is InChI=1S/C17H12BrN/c18-15-9-7-14-8-11-16(19-17(14)12-15)10-6-13-4-2-1-3-5-13/h1-12H/b10-6+. The van der Waals surface area contributed by atoms with Gasteiger partial charge in [0.1, 0.15) is 0 Å². The first-order valence-electron chi connectivity index (χ1n) is 6.11. The number of benzene rings is 2. The molecule has 0 aliphatic rings. The predicted molar refractivity (Wildman–Crippen MR) is 84.8 cm³/mol. The van der Waals surface area contributed by atoms with Crippen LogP contribution in [0.4, 0.5) is 0 Å². The zero-order valence-corrected chi connectivity index (χ0v) is 11.8. The second-order valence-electron chi connectivity index (χ2n) is 4.32. The van der Waals surface area contributed by atoms with Crippen LogP contribution in [0.1, 0.15) is 11.3 Å². The highest BCUT2D eigenvalue weighted by atomic mass is 79.9. The molecule has 92 valence electrons. The summed E-state index contributed by atoms with van der Waals surface area (Å²) in [6.07, 6.45) is 4.11. The topological polar surface area (TPSA) is 12.9 Å². The van der Waals surface area contributed by atoms with E-state index in [0.29, 0.717) is 0 Å². The summed E-state index contributed by atoms with van der Waals surface area (Å²) in [5.41, 5.74) is 3.15. The molecule has 3 rings (SSSR count). The molecular weight excluding hydrogens is 298 g/mol. The van der Waals surface area contributed by atoms with Crippen molar-refractivity contribution in [3.05, 3.63) is 76.4 Å². The van der Waals surface area contributed by atoms with Gasteiger partial charge in [-0.3, -0.25) is 0 Å². The summed E-state index contributed by atoms with van der Waals surface area (Å²) >= 11 is 3.47. The number of aromatic nitrogens is 1. The van der Waals surface area contributed by atoms with Crippen LogP contribution in [0.3, 0.4) is 0 Å². The number of hydrogen-bond acceptors (Lipinski definition) is 1. The van der Waals surface area contributed by atoms with Crippen LogP contribution in [0.15, 0.2) is 65.1 Å². The van der Waals surface area contributed by atoms with Crippen LogP contribution in [-0.2, 0) is 0 Å². The maximum Gasteiger partial charge on any atom is 0.0720 e. The lowest BCUT2D eigenvalue weighted by atomic mass is 10.1. The molecule has 0 N–H and O–H groups in total. The van der Waals surface area contributed by atoms with E-state index in [1.807, 2.05) is 42.5 Å². The molecule has 0 saturated heterocycles. The van der Waals surface area contributed by atoms with Crippen LogP contribution in [0, 0.1) is 0 Å². The Kier molecular flexibility index (Phi) is 3.43. The lowest BCUT2D eigenvalue weighted by Crippen LogP contribution is -1.83. The van der Waals surface area contributed by atoms with Crippen molar-refractivity contribution >= 4 is 39.0 Å². The van der Waals surface area contributed by atoms with Gasteiger partial charge in [0, 0.05) is 9.86 Å². The highest BCUT2D eigenvalue weighted by Crippen LogP contribution is 2.19. The summed E-state index contributed by atoms with van der Waals surface area (Å²) in [7, 11) is 0. The maximum absolute atomic E-state index is 4.63. The van der Waals surface area contributed by atoms with Crippen molar-refractivity contribution in [2.75, 3.05) is 0 Å². The summed E-state index contributed by atoms with van der Waals surface area (Å²) in [5, 5.41) is 1.15. The van der Waals surface area contributed by atoms with Gasteiger partial charge in [-0.2, -0.15) is 0 Å². The van der Waals surface area contributed by atoms with Gasteiger partial charge < -0.3 is 0 Å². The van der Waals surface area contributed by atoms with Gasteiger partial charge in [-0.25, -0.2) is 4.98 Å². The molecular formula is C17H12BrN. The van der Waals surface area contributed by atoms with Crippen LogP contribution < -0.4 is 0 Å². The Hall–Kier alpha value is -1.93. The van der Waals surface area contributed by atoms with Crippen LogP contribution in [0.25, 0.3) is 23.1 Å². The first-order chi connectivity index (χ1) is 9.31. The highest BCUT2D eigenvalue weighted by molar-refractivity contribution is 9.10. The number of nitrogens with zero attached hydrogens (tertiary/aromatic N) is 1. The number of fused-ring (bicyclic) bond motifs is 1. The maximum atomic E-state index is 4.63. The van der Waals surface area contributed by atoms with Gasteiger partial charge in [0.05, 0.1) is 11.2 Å². The smallest absolute Gasteiger partial charge is 0.0720 e. The number of halogens is 1. The van der Waals surface area contributed by atoms with Crippen molar-refractivity contribution in [3.63, 3.8) is 0 Å². The number of hydrogen-bond donors (Lipinski definition) is 0. The fourth-order valence-electron chi connectivity index (χ4n) is 1.94. The minimum atomic E-state index is 0.967. The normalized spacial score (nSPS) is 11.2. The molecule has 0 aliphatic carbocycles. The summed E-state index contributed by atoms with van der Waals surface area (Å²) in [6, 6.07) is 20.5. The Balaban J connectivity index is 1.95. The van der Waals surface area contributed by atoms with Crippen molar-refractivity contribution < 1.29 is 0 Å². The van der Waals surface area contributed by atoms with Gasteiger partial charge in [0.25, 0.3) is 0 Å². The van der Waals surface area contributed by atoms with Gasteiger partial charge in [0.15, 0.2) is 0 Å². The van der Waals surface area contributed by atoms with E-state index < -0.39 is 0 Å². The zero-order valence-electron chi connectivity index (χ0n) is 10.3. The summed E-state index contributed by atoms with van der Waals surface area (Å²) < 4.78 is 1.05. The molecule has 19 heavy (non-hydrogen) atoms. The van der Waals surface area contributed by atoms with Crippen molar-refractivity contribution in [2.45, 2.75) is 0 Å². The fourth-order valence-corrected chi connectivity index (χ4v) is 2.29. The first-order valence-corrected chi connectivity index (χ1v) is 6.90. The molecule has 2 aromatic carbocycles. The van der Waals surface area contributed by atoms with Crippen molar-refractivity contribution in [1.82, 2.24) is 4.98 Å². The summed E-state index contributed by atoms with van der Waals surface area (Å²) in [5.74, 6) is 0. The van der Waals surface area contributed by atoms with E-state index in [4.69, 9.17) is 0 Å². The summed E-state index contributed by atoms with van der Waals surface area (Å²) in [4.78, 5) is 4.63. The molecule has 1 heterocycles. The lowest BCUT2D eigenvalue weighted by molar-refractivity contribution is 1.37. The van der Waals surface area contributed by atoms with E-state index in [-0.39, 0.29) is 0 Å². The monoisotopic (exact) mass is 309 g/mol. The van der Waals surface area contributed by atoms with Crippen molar-refractivity contribution in [1.29, 1.82) is 0 Å². The minimum Gasteiger partial charge on any atom is -0.248 e. The van der Waals surface area contributed by atoms with Crippen molar-refractivity contribution in [3.8, 4) is 0 Å². The fraction of sp³-hybridized carbons (Fsp3) is 0.